The summed E-state index contributed by atoms with van der Waals surface area (Å²) in [5, 5.41) is 11.5. The van der Waals surface area contributed by atoms with E-state index in [0.29, 0.717) is 25.0 Å². The van der Waals surface area contributed by atoms with Gasteiger partial charge in [-0.1, -0.05) is 64.1 Å². The van der Waals surface area contributed by atoms with Crippen LogP contribution in [0.1, 0.15) is 99.0 Å². The van der Waals surface area contributed by atoms with Crippen molar-refractivity contribution in [2.75, 3.05) is 33.9 Å². The van der Waals surface area contributed by atoms with Crippen molar-refractivity contribution in [3.8, 4) is 0 Å². The zero-order chi connectivity index (χ0) is 40.9. The minimum absolute atomic E-state index is 0.0643. The predicted molar refractivity (Wildman–Crippen MR) is 212 cm³/mol. The van der Waals surface area contributed by atoms with E-state index in [1.165, 1.54) is 5.56 Å². The lowest BCUT2D eigenvalue weighted by molar-refractivity contribution is -0.294. The molecule has 5 rings (SSSR count). The average Bonchev–Trinajstić information content (AvgIpc) is 3.44. The summed E-state index contributed by atoms with van der Waals surface area (Å²) in [6.45, 7) is 18.0. The van der Waals surface area contributed by atoms with Crippen molar-refractivity contribution < 1.29 is 47.9 Å². The SMILES string of the molecule is C=C1CO[C@@H]2C[C@@H](OC3O[C@H](C)C[C@H](N(C)C)[C@H]3O)[C@](C)(C[C@@H](C)C(=O)[C@H](C)C3N(CCCCCc4ccccc4)C(=O)OC3(C)[C@@H](CC)OC(=O)[C@@H]2C)OC1. The van der Waals surface area contributed by atoms with Crippen LogP contribution in [0, 0.1) is 17.8 Å². The number of cyclic esters (lactones) is 1. The third-order valence-electron chi connectivity index (χ3n) is 12.8. The summed E-state index contributed by atoms with van der Waals surface area (Å²) >= 11 is 0. The zero-order valence-electron chi connectivity index (χ0n) is 35.2. The van der Waals surface area contributed by atoms with Crippen LogP contribution in [-0.2, 0) is 44.4 Å². The van der Waals surface area contributed by atoms with Crippen LogP contribution in [0.25, 0.3) is 0 Å². The normalized spacial score (nSPS) is 39.0. The second-order valence-corrected chi connectivity index (χ2v) is 17.5. The molecule has 3 unspecified atom stereocenters. The molecule has 4 aliphatic rings. The van der Waals surface area contributed by atoms with Crippen molar-refractivity contribution in [2.45, 2.75) is 160 Å². The Morgan fingerprint density at radius 2 is 1.70 bits per heavy atom. The van der Waals surface area contributed by atoms with Crippen molar-refractivity contribution in [3.05, 3.63) is 48.0 Å². The van der Waals surface area contributed by atoms with Crippen LogP contribution in [0.15, 0.2) is 42.5 Å². The molecule has 4 saturated heterocycles. The summed E-state index contributed by atoms with van der Waals surface area (Å²) in [5.41, 5.74) is -0.450. The maximum absolute atomic E-state index is 14.8. The minimum Gasteiger partial charge on any atom is -0.458 e. The number of amides is 1. The van der Waals surface area contributed by atoms with E-state index in [1.807, 2.05) is 71.8 Å². The number of hydrogen-bond acceptors (Lipinski definition) is 11. The monoisotopic (exact) mass is 784 g/mol. The molecule has 4 aliphatic heterocycles. The van der Waals surface area contributed by atoms with E-state index in [4.69, 9.17) is 28.4 Å². The van der Waals surface area contributed by atoms with Crippen molar-refractivity contribution >= 4 is 17.8 Å². The molecule has 314 valence electrons. The van der Waals surface area contributed by atoms with Crippen molar-refractivity contribution in [2.24, 2.45) is 17.8 Å². The Labute approximate surface area is 334 Å². The number of aliphatic hydroxyl groups is 1. The molecule has 0 radical (unpaired) electrons. The van der Waals surface area contributed by atoms with Gasteiger partial charge in [0.25, 0.3) is 0 Å². The number of aliphatic hydroxyl groups excluding tert-OH is 1. The van der Waals surface area contributed by atoms with E-state index in [0.717, 1.165) is 25.7 Å². The lowest BCUT2D eigenvalue weighted by Crippen LogP contribution is -2.59. The molecule has 4 heterocycles. The van der Waals surface area contributed by atoms with Crippen molar-refractivity contribution in [1.29, 1.82) is 0 Å². The molecule has 4 fully saturated rings. The van der Waals surface area contributed by atoms with Crippen molar-refractivity contribution in [3.63, 3.8) is 0 Å². The highest BCUT2D eigenvalue weighted by molar-refractivity contribution is 5.85. The molecule has 13 atom stereocenters. The van der Waals surface area contributed by atoms with Gasteiger partial charge in [0.05, 0.1) is 49.1 Å². The number of rotatable bonds is 10. The lowest BCUT2D eigenvalue weighted by Gasteiger charge is -2.46. The van der Waals surface area contributed by atoms with Gasteiger partial charge < -0.3 is 43.3 Å². The standard InChI is InChI=1S/C44H68N2O10/c1-11-35-44(8)39(46(42(50)56-44)21-17-13-16-20-32-18-14-12-15-19-32)31(6)37(47)28(3)24-43(7)36(55-41-38(48)33(45(9)10)22-29(4)53-41)23-34(30(5)40(49)54-35)51-25-27(2)26-52-43/h12,14-15,18-19,28-31,33-36,38-39,41,48H,2,11,13,16-17,20-26H2,1,3-10H3/t28-,29-,30-,31+,33+,34-,35-,36-,38-,39?,41?,43+,44?/m1/s1. The molecular formula is C44H68N2O10. The molecule has 0 aliphatic carbocycles. The molecule has 1 N–H and O–H groups in total. The van der Waals surface area contributed by atoms with Crippen LogP contribution in [0.3, 0.4) is 0 Å². The second kappa shape index (κ2) is 18.8. The largest absolute Gasteiger partial charge is 0.458 e. The summed E-state index contributed by atoms with van der Waals surface area (Å²) < 4.78 is 38.7. The van der Waals surface area contributed by atoms with Crippen LogP contribution < -0.4 is 0 Å². The number of fused-ring (bicyclic) bond motifs is 4. The lowest BCUT2D eigenvalue weighted by atomic mass is 9.74. The van der Waals surface area contributed by atoms with E-state index in [9.17, 15) is 19.5 Å². The topological polar surface area (TPSA) is 133 Å². The van der Waals surface area contributed by atoms with E-state index in [2.05, 4.69) is 18.7 Å². The Morgan fingerprint density at radius 1 is 0.982 bits per heavy atom. The summed E-state index contributed by atoms with van der Waals surface area (Å²) in [5.74, 6) is -2.56. The van der Waals surface area contributed by atoms with Crippen molar-refractivity contribution in [1.82, 2.24) is 9.80 Å². The first kappa shape index (κ1) is 44.2. The van der Waals surface area contributed by atoms with Gasteiger partial charge in [-0.25, -0.2) is 4.79 Å². The molecular weight excluding hydrogens is 716 g/mol. The van der Waals surface area contributed by atoms with E-state index < -0.39 is 77.8 Å². The number of unbranched alkanes of at least 4 members (excludes halogenated alkanes) is 2. The summed E-state index contributed by atoms with van der Waals surface area (Å²) in [6, 6.07) is 9.42. The van der Waals surface area contributed by atoms with Crippen LogP contribution >= 0.6 is 0 Å². The third-order valence-corrected chi connectivity index (χ3v) is 12.8. The zero-order valence-corrected chi connectivity index (χ0v) is 35.2. The van der Waals surface area contributed by atoms with Crippen LogP contribution in [0.4, 0.5) is 4.79 Å². The van der Waals surface area contributed by atoms with Gasteiger partial charge in [-0.3, -0.25) is 9.59 Å². The fourth-order valence-corrected chi connectivity index (χ4v) is 9.44. The number of Topliss-reactive ketones (excluding diaryl/α,β-unsaturated/α-hetero) is 1. The average molecular weight is 785 g/mol. The van der Waals surface area contributed by atoms with Crippen LogP contribution in [-0.4, -0.2) is 127 Å². The fraction of sp³-hybridized carbons (Fsp3) is 0.750. The van der Waals surface area contributed by atoms with Gasteiger partial charge in [0, 0.05) is 30.8 Å². The molecule has 2 bridgehead atoms. The number of esters is 1. The van der Waals surface area contributed by atoms with Gasteiger partial charge in [-0.05, 0) is 91.5 Å². The molecule has 56 heavy (non-hydrogen) atoms. The Bertz CT molecular complexity index is 1510. The number of carbonyl (C=O) groups is 3. The fourth-order valence-electron chi connectivity index (χ4n) is 9.44. The number of nitrogens with zero attached hydrogens (tertiary/aromatic N) is 2. The Morgan fingerprint density at radius 3 is 2.38 bits per heavy atom. The molecule has 12 nitrogen and oxygen atoms in total. The molecule has 12 heteroatoms. The van der Waals surface area contributed by atoms with Gasteiger partial charge >= 0.3 is 12.1 Å². The maximum atomic E-state index is 14.8. The van der Waals surface area contributed by atoms with Gasteiger partial charge in [0.2, 0.25) is 0 Å². The highest BCUT2D eigenvalue weighted by Gasteiger charge is 2.60. The first-order valence-corrected chi connectivity index (χ1v) is 20.8. The molecule has 1 aromatic carbocycles. The molecule has 1 amide bonds. The molecule has 0 aromatic heterocycles. The van der Waals surface area contributed by atoms with Gasteiger partial charge in [-0.15, -0.1) is 0 Å². The van der Waals surface area contributed by atoms with Gasteiger partial charge in [-0.2, -0.15) is 0 Å². The quantitative estimate of drug-likeness (QED) is 0.167. The van der Waals surface area contributed by atoms with E-state index in [-0.39, 0.29) is 44.0 Å². The van der Waals surface area contributed by atoms with Gasteiger partial charge in [0.15, 0.2) is 11.9 Å². The first-order valence-electron chi connectivity index (χ1n) is 20.8. The van der Waals surface area contributed by atoms with Crippen LogP contribution in [0.5, 0.6) is 0 Å². The second-order valence-electron chi connectivity index (χ2n) is 17.5. The Balaban J connectivity index is 1.49. The van der Waals surface area contributed by atoms with Gasteiger partial charge in [0.1, 0.15) is 18.0 Å². The summed E-state index contributed by atoms with van der Waals surface area (Å²) in [4.78, 5) is 46.6. The summed E-state index contributed by atoms with van der Waals surface area (Å²) in [6.07, 6.45) is -0.0185. The minimum atomic E-state index is -1.29. The predicted octanol–water partition coefficient (Wildman–Crippen LogP) is 6.11. The highest BCUT2D eigenvalue weighted by atomic mass is 16.7. The Kier molecular flexibility index (Phi) is 14.9. The number of aryl methyl sites for hydroxylation is 1. The number of carbonyl (C=O) groups excluding carboxylic acids is 3. The number of ether oxygens (including phenoxy) is 6. The smallest absolute Gasteiger partial charge is 0.410 e. The summed E-state index contributed by atoms with van der Waals surface area (Å²) in [7, 11) is 3.84. The number of likely N-dealkylation sites (N-methyl/N-ethyl adjacent to an activating group) is 1. The number of ketones is 1. The first-order chi connectivity index (χ1) is 26.5. The van der Waals surface area contributed by atoms with E-state index in [1.54, 1.807) is 18.7 Å². The molecule has 0 saturated carbocycles. The maximum Gasteiger partial charge on any atom is 0.410 e. The third kappa shape index (κ3) is 9.86. The van der Waals surface area contributed by atoms with E-state index >= 15 is 0 Å². The number of hydrogen-bond donors (Lipinski definition) is 1. The molecule has 1 aromatic rings. The number of benzene rings is 1. The Hall–Kier alpha value is -2.87. The molecule has 0 spiro atoms. The highest BCUT2D eigenvalue weighted by Crippen LogP contribution is 2.43. The van der Waals surface area contributed by atoms with Crippen LogP contribution in [0.2, 0.25) is 0 Å².